The number of nitrogens with zero attached hydrogens (tertiary/aromatic N) is 2. The number of carbonyl (C=O) groups is 3. The highest BCUT2D eigenvalue weighted by molar-refractivity contribution is 6.09. The average Bonchev–Trinajstić information content (AvgIpc) is 2.90. The molecular weight excluding hydrogens is 248 g/mol. The first kappa shape index (κ1) is 13.8. The lowest BCUT2D eigenvalue weighted by Gasteiger charge is -2.24. The number of urea groups is 1. The zero-order chi connectivity index (χ0) is 14.2. The maximum atomic E-state index is 12.3. The molecule has 4 amide bonds. The SMILES string of the molecule is CC(C)N(C)C(=O)CN1C(=O)NC2(CCNC2)C1=O. The van der Waals surface area contributed by atoms with E-state index in [1.54, 1.807) is 7.05 Å². The summed E-state index contributed by atoms with van der Waals surface area (Å²) >= 11 is 0. The van der Waals surface area contributed by atoms with E-state index < -0.39 is 11.6 Å². The van der Waals surface area contributed by atoms with Crippen LogP contribution in [0.1, 0.15) is 20.3 Å². The molecular formula is C12H20N4O3. The van der Waals surface area contributed by atoms with Gasteiger partial charge in [0.2, 0.25) is 5.91 Å². The second-order valence-electron chi connectivity index (χ2n) is 5.43. The quantitative estimate of drug-likeness (QED) is 0.652. The van der Waals surface area contributed by atoms with Crippen LogP contribution in [0.3, 0.4) is 0 Å². The van der Waals surface area contributed by atoms with E-state index in [2.05, 4.69) is 10.6 Å². The molecule has 2 fully saturated rings. The van der Waals surface area contributed by atoms with Crippen molar-refractivity contribution in [1.82, 2.24) is 20.4 Å². The molecule has 7 heteroatoms. The van der Waals surface area contributed by atoms with Gasteiger partial charge in [-0.05, 0) is 26.8 Å². The molecule has 1 unspecified atom stereocenters. The fourth-order valence-corrected chi connectivity index (χ4v) is 2.34. The summed E-state index contributed by atoms with van der Waals surface area (Å²) in [7, 11) is 1.67. The molecule has 1 spiro atoms. The van der Waals surface area contributed by atoms with Gasteiger partial charge in [0, 0.05) is 19.6 Å². The van der Waals surface area contributed by atoms with Crippen LogP contribution < -0.4 is 10.6 Å². The van der Waals surface area contributed by atoms with Gasteiger partial charge >= 0.3 is 6.03 Å². The summed E-state index contributed by atoms with van der Waals surface area (Å²) in [4.78, 5) is 38.7. The van der Waals surface area contributed by atoms with E-state index in [0.717, 1.165) is 4.90 Å². The van der Waals surface area contributed by atoms with E-state index in [1.165, 1.54) is 4.90 Å². The molecule has 7 nitrogen and oxygen atoms in total. The van der Waals surface area contributed by atoms with Crippen molar-refractivity contribution in [3.8, 4) is 0 Å². The van der Waals surface area contributed by atoms with Crippen LogP contribution in [-0.2, 0) is 9.59 Å². The molecule has 0 bridgehead atoms. The molecule has 0 aromatic rings. The summed E-state index contributed by atoms with van der Waals surface area (Å²) in [5.74, 6) is -0.533. The first-order chi connectivity index (χ1) is 8.87. The second-order valence-corrected chi connectivity index (χ2v) is 5.43. The predicted molar refractivity (Wildman–Crippen MR) is 68.4 cm³/mol. The number of likely N-dealkylation sites (N-methyl/N-ethyl adjacent to an activating group) is 1. The Labute approximate surface area is 112 Å². The molecule has 2 saturated heterocycles. The van der Waals surface area contributed by atoms with Crippen molar-refractivity contribution < 1.29 is 14.4 Å². The van der Waals surface area contributed by atoms with Crippen LogP contribution in [0.4, 0.5) is 4.79 Å². The maximum absolute atomic E-state index is 12.3. The summed E-state index contributed by atoms with van der Waals surface area (Å²) in [5, 5.41) is 5.77. The van der Waals surface area contributed by atoms with Gasteiger partial charge in [0.25, 0.3) is 5.91 Å². The van der Waals surface area contributed by atoms with Crippen LogP contribution in [0.25, 0.3) is 0 Å². The summed E-state index contributed by atoms with van der Waals surface area (Å²) < 4.78 is 0. The minimum Gasteiger partial charge on any atom is -0.342 e. The third-order valence-electron chi connectivity index (χ3n) is 3.86. The highest BCUT2D eigenvalue weighted by atomic mass is 16.2. The smallest absolute Gasteiger partial charge is 0.325 e. The fourth-order valence-electron chi connectivity index (χ4n) is 2.34. The maximum Gasteiger partial charge on any atom is 0.325 e. The van der Waals surface area contributed by atoms with E-state index in [9.17, 15) is 14.4 Å². The topological polar surface area (TPSA) is 81.8 Å². The molecule has 2 N–H and O–H groups in total. The van der Waals surface area contributed by atoms with Crippen molar-refractivity contribution in [2.24, 2.45) is 0 Å². The number of carbonyl (C=O) groups excluding carboxylic acids is 3. The fraction of sp³-hybridized carbons (Fsp3) is 0.750. The predicted octanol–water partition coefficient (Wildman–Crippen LogP) is -0.863. The molecule has 19 heavy (non-hydrogen) atoms. The Kier molecular flexibility index (Phi) is 3.49. The number of hydrogen-bond donors (Lipinski definition) is 2. The van der Waals surface area contributed by atoms with Crippen LogP contribution in [0.2, 0.25) is 0 Å². The number of nitrogens with one attached hydrogen (secondary N) is 2. The normalized spacial score (nSPS) is 26.4. The van der Waals surface area contributed by atoms with Gasteiger partial charge in [0.1, 0.15) is 12.1 Å². The molecule has 2 aliphatic heterocycles. The highest BCUT2D eigenvalue weighted by Gasteiger charge is 2.53. The molecule has 0 radical (unpaired) electrons. The van der Waals surface area contributed by atoms with E-state index >= 15 is 0 Å². The summed E-state index contributed by atoms with van der Waals surface area (Å²) in [6.07, 6.45) is 0.572. The van der Waals surface area contributed by atoms with Crippen molar-refractivity contribution in [3.05, 3.63) is 0 Å². The van der Waals surface area contributed by atoms with Gasteiger partial charge < -0.3 is 15.5 Å². The lowest BCUT2D eigenvalue weighted by molar-refractivity contribution is -0.138. The second kappa shape index (κ2) is 4.80. The van der Waals surface area contributed by atoms with Crippen molar-refractivity contribution in [2.45, 2.75) is 31.8 Å². The lowest BCUT2D eigenvalue weighted by atomic mass is 9.99. The first-order valence-corrected chi connectivity index (χ1v) is 6.48. The van der Waals surface area contributed by atoms with Gasteiger partial charge in [0.15, 0.2) is 0 Å². The third-order valence-corrected chi connectivity index (χ3v) is 3.86. The molecule has 0 saturated carbocycles. The van der Waals surface area contributed by atoms with E-state index in [-0.39, 0.29) is 24.4 Å². The first-order valence-electron chi connectivity index (χ1n) is 6.48. The van der Waals surface area contributed by atoms with Crippen LogP contribution in [-0.4, -0.2) is 65.9 Å². The highest BCUT2D eigenvalue weighted by Crippen LogP contribution is 2.24. The zero-order valence-corrected chi connectivity index (χ0v) is 11.5. The molecule has 2 heterocycles. The summed E-state index contributed by atoms with van der Waals surface area (Å²) in [6.45, 7) is 4.70. The zero-order valence-electron chi connectivity index (χ0n) is 11.5. The number of rotatable bonds is 3. The minimum atomic E-state index is -0.840. The Balaban J connectivity index is 2.07. The van der Waals surface area contributed by atoms with E-state index in [1.807, 2.05) is 13.8 Å². The van der Waals surface area contributed by atoms with Crippen molar-refractivity contribution >= 4 is 17.8 Å². The van der Waals surface area contributed by atoms with Gasteiger partial charge in [-0.15, -0.1) is 0 Å². The van der Waals surface area contributed by atoms with Crippen LogP contribution in [0.15, 0.2) is 0 Å². The Morgan fingerprint density at radius 2 is 2.16 bits per heavy atom. The Hall–Kier alpha value is -1.63. The summed E-state index contributed by atoms with van der Waals surface area (Å²) in [6, 6.07) is -0.436. The molecule has 106 valence electrons. The Bertz CT molecular complexity index is 415. The summed E-state index contributed by atoms with van der Waals surface area (Å²) in [5.41, 5.74) is -0.840. The molecule has 2 aliphatic rings. The number of amides is 4. The number of imide groups is 1. The van der Waals surface area contributed by atoms with Crippen LogP contribution in [0.5, 0.6) is 0 Å². The molecule has 1 atom stereocenters. The molecule has 0 aliphatic carbocycles. The van der Waals surface area contributed by atoms with Gasteiger partial charge in [-0.1, -0.05) is 0 Å². The van der Waals surface area contributed by atoms with Gasteiger partial charge in [0.05, 0.1) is 0 Å². The van der Waals surface area contributed by atoms with Gasteiger partial charge in [-0.2, -0.15) is 0 Å². The van der Waals surface area contributed by atoms with Gasteiger partial charge in [-0.25, -0.2) is 4.79 Å². The average molecular weight is 268 g/mol. The Morgan fingerprint density at radius 3 is 2.68 bits per heavy atom. The minimum absolute atomic E-state index is 0.0374. The molecule has 0 aromatic carbocycles. The molecule has 2 rings (SSSR count). The lowest BCUT2D eigenvalue weighted by Crippen LogP contribution is -2.49. The van der Waals surface area contributed by atoms with Crippen LogP contribution >= 0.6 is 0 Å². The Morgan fingerprint density at radius 1 is 1.47 bits per heavy atom. The van der Waals surface area contributed by atoms with Crippen molar-refractivity contribution in [3.63, 3.8) is 0 Å². The number of hydrogen-bond acceptors (Lipinski definition) is 4. The van der Waals surface area contributed by atoms with Crippen molar-refractivity contribution in [1.29, 1.82) is 0 Å². The monoisotopic (exact) mass is 268 g/mol. The van der Waals surface area contributed by atoms with Crippen LogP contribution in [0, 0.1) is 0 Å². The van der Waals surface area contributed by atoms with E-state index in [4.69, 9.17) is 0 Å². The standard InChI is InChI=1S/C12H20N4O3/c1-8(2)15(3)9(17)6-16-10(18)12(14-11(16)19)4-5-13-7-12/h8,13H,4-7H2,1-3H3,(H,14,19). The van der Waals surface area contributed by atoms with Crippen molar-refractivity contribution in [2.75, 3.05) is 26.7 Å². The largest absolute Gasteiger partial charge is 0.342 e. The third kappa shape index (κ3) is 2.30. The van der Waals surface area contributed by atoms with E-state index in [0.29, 0.717) is 19.5 Å². The molecule has 0 aromatic heterocycles. The van der Waals surface area contributed by atoms with Gasteiger partial charge in [-0.3, -0.25) is 14.5 Å².